The summed E-state index contributed by atoms with van der Waals surface area (Å²) in [6.45, 7) is 0. The number of carbonyl (C=O) groups excluding carboxylic acids is 1. The van der Waals surface area contributed by atoms with Crippen molar-refractivity contribution >= 4 is 11.6 Å². The van der Waals surface area contributed by atoms with E-state index in [2.05, 4.69) is 15.3 Å². The first kappa shape index (κ1) is 15.6. The van der Waals surface area contributed by atoms with Gasteiger partial charge in [0.15, 0.2) is 5.69 Å². The number of nitrogens with one attached hydrogen (secondary N) is 1. The minimum Gasteiger partial charge on any atom is -0.362 e. The number of aromatic amines is 1. The smallest absolute Gasteiger partial charge is 0.362 e. The Kier molecular flexibility index (Phi) is 3.28. The highest BCUT2D eigenvalue weighted by Crippen LogP contribution is 2.48. The second-order valence-electron chi connectivity index (χ2n) is 6.61. The number of aryl methyl sites for hydroxylation is 1. The van der Waals surface area contributed by atoms with Crippen LogP contribution in [-0.4, -0.2) is 43.8 Å². The first-order valence-electron chi connectivity index (χ1n) is 8.11. The molecular weight excluding hydrogens is 325 g/mol. The van der Waals surface area contributed by atoms with Gasteiger partial charge < -0.3 is 5.11 Å². The number of carbonyl (C=O) groups is 1. The van der Waals surface area contributed by atoms with Crippen molar-refractivity contribution in [1.29, 1.82) is 0 Å². The second kappa shape index (κ2) is 5.05. The molecule has 0 aromatic carbocycles. The molecule has 0 saturated heterocycles. The summed E-state index contributed by atoms with van der Waals surface area (Å²) in [5.74, 6) is -2.18. The lowest BCUT2D eigenvalue weighted by atomic mass is 9.80. The molecule has 1 saturated carbocycles. The molecule has 1 aromatic rings. The van der Waals surface area contributed by atoms with Gasteiger partial charge in [0.1, 0.15) is 0 Å². The summed E-state index contributed by atoms with van der Waals surface area (Å²) in [4.78, 5) is 12.7. The van der Waals surface area contributed by atoms with Crippen LogP contribution in [-0.2, 0) is 12.8 Å². The number of alkyl halides is 3. The zero-order chi connectivity index (χ0) is 17.1. The van der Waals surface area contributed by atoms with Gasteiger partial charge in [0.2, 0.25) is 0 Å². The van der Waals surface area contributed by atoms with Gasteiger partial charge in [0, 0.05) is 17.0 Å². The molecule has 2 aliphatic carbocycles. The highest BCUT2D eigenvalue weighted by atomic mass is 19.4. The zero-order valence-electron chi connectivity index (χ0n) is 12.9. The molecule has 9 heteroatoms. The number of nitrogens with zero attached hydrogens (tertiary/aromatic N) is 3. The molecule has 1 aromatic heterocycles. The van der Waals surface area contributed by atoms with Crippen LogP contribution in [0, 0.1) is 5.92 Å². The molecule has 0 bridgehead atoms. The van der Waals surface area contributed by atoms with E-state index in [1.165, 1.54) is 0 Å². The van der Waals surface area contributed by atoms with E-state index in [-0.39, 0.29) is 22.8 Å². The summed E-state index contributed by atoms with van der Waals surface area (Å²) < 4.78 is 41.1. The number of hydrazone groups is 1. The van der Waals surface area contributed by atoms with Gasteiger partial charge in [-0.05, 0) is 38.5 Å². The normalized spacial score (nSPS) is 29.4. The molecule has 130 valence electrons. The van der Waals surface area contributed by atoms with Gasteiger partial charge in [-0.25, -0.2) is 0 Å². The van der Waals surface area contributed by atoms with Crippen LogP contribution in [0.5, 0.6) is 0 Å². The van der Waals surface area contributed by atoms with Crippen molar-refractivity contribution in [3.8, 4) is 0 Å². The number of H-pyrrole nitrogens is 1. The van der Waals surface area contributed by atoms with E-state index in [1.807, 2.05) is 0 Å². The van der Waals surface area contributed by atoms with Crippen molar-refractivity contribution in [3.05, 3.63) is 17.0 Å². The van der Waals surface area contributed by atoms with Crippen molar-refractivity contribution in [2.24, 2.45) is 11.0 Å². The molecule has 24 heavy (non-hydrogen) atoms. The first-order valence-corrected chi connectivity index (χ1v) is 8.11. The topological polar surface area (TPSA) is 81.6 Å². The zero-order valence-corrected chi connectivity index (χ0v) is 12.9. The van der Waals surface area contributed by atoms with E-state index in [1.54, 1.807) is 0 Å². The largest absolute Gasteiger partial charge is 0.439 e. The molecule has 3 aliphatic rings. The fourth-order valence-corrected chi connectivity index (χ4v) is 4.02. The Morgan fingerprint density at radius 3 is 2.79 bits per heavy atom. The van der Waals surface area contributed by atoms with Crippen LogP contribution in [0.1, 0.15) is 53.8 Å². The average Bonchev–Trinajstić information content (AvgIpc) is 3.19. The van der Waals surface area contributed by atoms with E-state index >= 15 is 0 Å². The van der Waals surface area contributed by atoms with E-state index in [9.17, 15) is 23.1 Å². The quantitative estimate of drug-likeness (QED) is 0.820. The third kappa shape index (κ3) is 1.96. The average molecular weight is 342 g/mol. The van der Waals surface area contributed by atoms with Gasteiger partial charge in [0.25, 0.3) is 11.6 Å². The first-order chi connectivity index (χ1) is 11.3. The van der Waals surface area contributed by atoms with Crippen LogP contribution < -0.4 is 0 Å². The predicted octanol–water partition coefficient (Wildman–Crippen LogP) is 2.15. The highest BCUT2D eigenvalue weighted by Gasteiger charge is 2.68. The van der Waals surface area contributed by atoms with Crippen molar-refractivity contribution in [2.45, 2.75) is 56.8 Å². The van der Waals surface area contributed by atoms with Gasteiger partial charge in [-0.15, -0.1) is 0 Å². The van der Waals surface area contributed by atoms with E-state index < -0.39 is 23.7 Å². The van der Waals surface area contributed by atoms with Gasteiger partial charge in [-0.1, -0.05) is 6.42 Å². The van der Waals surface area contributed by atoms with Crippen LogP contribution in [0.25, 0.3) is 0 Å². The molecule has 2 heterocycles. The van der Waals surface area contributed by atoms with Gasteiger partial charge in [-0.3, -0.25) is 9.89 Å². The lowest BCUT2D eigenvalue weighted by molar-refractivity contribution is -0.312. The number of hydrogen-bond donors (Lipinski definition) is 2. The predicted molar refractivity (Wildman–Crippen MR) is 77.2 cm³/mol. The van der Waals surface area contributed by atoms with Crippen molar-refractivity contribution in [1.82, 2.24) is 15.2 Å². The molecule has 1 aliphatic heterocycles. The third-order valence-corrected chi connectivity index (χ3v) is 5.23. The molecule has 4 rings (SSSR count). The van der Waals surface area contributed by atoms with Crippen LogP contribution in [0.2, 0.25) is 0 Å². The minimum atomic E-state index is -4.99. The van der Waals surface area contributed by atoms with E-state index in [4.69, 9.17) is 0 Å². The second-order valence-corrected chi connectivity index (χ2v) is 6.61. The van der Waals surface area contributed by atoms with Crippen molar-refractivity contribution < 1.29 is 23.1 Å². The molecular formula is C15H17F3N4O2. The highest BCUT2D eigenvalue weighted by molar-refractivity contribution is 5.99. The molecule has 6 nitrogen and oxygen atoms in total. The number of rotatable bonds is 1. The Labute approximate surface area is 135 Å². The Balaban J connectivity index is 1.77. The van der Waals surface area contributed by atoms with Crippen LogP contribution in [0.3, 0.4) is 0 Å². The number of aliphatic hydroxyl groups is 1. The van der Waals surface area contributed by atoms with Crippen LogP contribution in [0.4, 0.5) is 13.2 Å². The number of fused-ring (bicyclic) bond motifs is 2. The van der Waals surface area contributed by atoms with Crippen LogP contribution in [0.15, 0.2) is 5.10 Å². The maximum Gasteiger partial charge on any atom is 0.439 e. The summed E-state index contributed by atoms with van der Waals surface area (Å²) in [5, 5.41) is 21.2. The third-order valence-electron chi connectivity index (χ3n) is 5.23. The Morgan fingerprint density at radius 1 is 1.25 bits per heavy atom. The Hall–Kier alpha value is -1.90. The van der Waals surface area contributed by atoms with E-state index in [0.717, 1.165) is 18.5 Å². The van der Waals surface area contributed by atoms with Gasteiger partial charge in [0.05, 0.1) is 5.92 Å². The lowest BCUT2D eigenvalue weighted by Gasteiger charge is -2.38. The maximum atomic E-state index is 13.7. The molecule has 2 N–H and O–H groups in total. The summed E-state index contributed by atoms with van der Waals surface area (Å²) in [5.41, 5.74) is -1.68. The SMILES string of the molecule is O=C(c1n[nH]c2c1CCC2)N1N=C2CCCC[C@H]2[C@@]1(O)C(F)(F)F. The standard InChI is InChI=1S/C15H17F3N4O2/c16-15(17,18)14(24)9-5-1-2-6-11(9)21-22(14)13(23)12-8-4-3-7-10(8)19-20-12/h9,24H,1-7H2,(H,19,20)/t9-,14-/m1/s1. The molecule has 2 atom stereocenters. The van der Waals surface area contributed by atoms with Crippen molar-refractivity contribution in [2.75, 3.05) is 0 Å². The molecule has 0 spiro atoms. The van der Waals surface area contributed by atoms with Gasteiger partial charge in [-0.2, -0.15) is 28.4 Å². The van der Waals surface area contributed by atoms with Crippen molar-refractivity contribution in [3.63, 3.8) is 0 Å². The van der Waals surface area contributed by atoms with Gasteiger partial charge >= 0.3 is 6.18 Å². The Bertz CT molecular complexity index is 727. The number of amides is 1. The molecule has 0 unspecified atom stereocenters. The van der Waals surface area contributed by atoms with E-state index in [0.29, 0.717) is 31.2 Å². The maximum absolute atomic E-state index is 13.7. The number of halogens is 3. The molecule has 1 fully saturated rings. The minimum absolute atomic E-state index is 0.0619. The number of aromatic nitrogens is 2. The monoisotopic (exact) mass is 342 g/mol. The summed E-state index contributed by atoms with van der Waals surface area (Å²) in [7, 11) is 0. The molecule has 0 radical (unpaired) electrons. The lowest BCUT2D eigenvalue weighted by Crippen LogP contribution is -2.61. The fourth-order valence-electron chi connectivity index (χ4n) is 4.02. The number of hydrogen-bond acceptors (Lipinski definition) is 4. The fraction of sp³-hybridized carbons (Fsp3) is 0.667. The summed E-state index contributed by atoms with van der Waals surface area (Å²) in [6.07, 6.45) is -1.05. The summed E-state index contributed by atoms with van der Waals surface area (Å²) in [6, 6.07) is 0. The molecule has 1 amide bonds. The summed E-state index contributed by atoms with van der Waals surface area (Å²) >= 11 is 0. The van der Waals surface area contributed by atoms with Crippen LogP contribution >= 0.6 is 0 Å². The Morgan fingerprint density at radius 2 is 2.04 bits per heavy atom.